The molecule has 1 N–H and O–H groups in total. The summed E-state index contributed by atoms with van der Waals surface area (Å²) in [5.41, 5.74) is 1.73. The molecule has 1 atom stereocenters. The summed E-state index contributed by atoms with van der Waals surface area (Å²) < 4.78 is 37.5. The van der Waals surface area contributed by atoms with Crippen LogP contribution in [0.2, 0.25) is 0 Å². The zero-order valence-corrected chi connectivity index (χ0v) is 17.2. The van der Waals surface area contributed by atoms with Crippen LogP contribution in [0.15, 0.2) is 78.9 Å². The van der Waals surface area contributed by atoms with Crippen molar-refractivity contribution in [3.8, 4) is 11.5 Å². The maximum Gasteiger partial charge on any atom is 0.155 e. The SMILES string of the molecule is COc1ccc(C(OCCS(=O)O)(c2ccccc2)c2ccc(OC)cc2)cc1. The van der Waals surface area contributed by atoms with Crippen LogP contribution in [0, 0.1) is 0 Å². The Labute approximate surface area is 173 Å². The number of ether oxygens (including phenoxy) is 3. The average Bonchev–Trinajstić information content (AvgIpc) is 2.77. The normalized spacial score (nSPS) is 12.4. The second-order valence-corrected chi connectivity index (χ2v) is 7.43. The average molecular weight is 413 g/mol. The summed E-state index contributed by atoms with van der Waals surface area (Å²) in [5, 5.41) is 0. The van der Waals surface area contributed by atoms with Crippen LogP contribution >= 0.6 is 0 Å². The lowest BCUT2D eigenvalue weighted by atomic mass is 9.80. The highest BCUT2D eigenvalue weighted by Crippen LogP contribution is 2.41. The van der Waals surface area contributed by atoms with E-state index in [2.05, 4.69) is 0 Å². The van der Waals surface area contributed by atoms with Gasteiger partial charge in [0.1, 0.15) is 17.1 Å². The zero-order chi connectivity index (χ0) is 20.7. The summed E-state index contributed by atoms with van der Waals surface area (Å²) in [6.07, 6.45) is 0. The molecule has 0 bridgehead atoms. The van der Waals surface area contributed by atoms with Gasteiger partial charge in [-0.3, -0.25) is 0 Å². The van der Waals surface area contributed by atoms with E-state index in [0.29, 0.717) is 0 Å². The first-order chi connectivity index (χ1) is 14.1. The summed E-state index contributed by atoms with van der Waals surface area (Å²) in [5.74, 6) is 1.49. The molecule has 29 heavy (non-hydrogen) atoms. The largest absolute Gasteiger partial charge is 0.497 e. The molecule has 5 nitrogen and oxygen atoms in total. The molecule has 0 aromatic heterocycles. The maximum atomic E-state index is 11.3. The minimum atomic E-state index is -1.94. The van der Waals surface area contributed by atoms with Gasteiger partial charge in [0.05, 0.1) is 26.6 Å². The highest BCUT2D eigenvalue weighted by molar-refractivity contribution is 7.79. The van der Waals surface area contributed by atoms with Gasteiger partial charge in [0.2, 0.25) is 0 Å². The van der Waals surface area contributed by atoms with E-state index in [-0.39, 0.29) is 12.4 Å². The molecule has 0 saturated carbocycles. The number of hydrogen-bond acceptors (Lipinski definition) is 4. The van der Waals surface area contributed by atoms with Gasteiger partial charge in [0.25, 0.3) is 0 Å². The van der Waals surface area contributed by atoms with E-state index in [0.717, 1.165) is 28.2 Å². The summed E-state index contributed by atoms with van der Waals surface area (Å²) >= 11 is -1.94. The monoisotopic (exact) mass is 412 g/mol. The first-order valence-electron chi connectivity index (χ1n) is 9.16. The van der Waals surface area contributed by atoms with E-state index in [1.54, 1.807) is 14.2 Å². The van der Waals surface area contributed by atoms with Gasteiger partial charge < -0.3 is 18.8 Å². The third-order valence-corrected chi connectivity index (χ3v) is 5.27. The van der Waals surface area contributed by atoms with Crippen molar-refractivity contribution >= 4 is 11.1 Å². The fourth-order valence-corrected chi connectivity index (χ4v) is 3.57. The molecule has 0 saturated heterocycles. The van der Waals surface area contributed by atoms with Crippen LogP contribution in [-0.4, -0.2) is 35.3 Å². The molecule has 0 spiro atoms. The molecule has 0 fully saturated rings. The third kappa shape index (κ3) is 4.67. The van der Waals surface area contributed by atoms with Crippen molar-refractivity contribution in [2.75, 3.05) is 26.6 Å². The maximum absolute atomic E-state index is 11.3. The van der Waals surface area contributed by atoms with E-state index in [1.165, 1.54) is 0 Å². The predicted molar refractivity (Wildman–Crippen MR) is 114 cm³/mol. The molecule has 0 aliphatic heterocycles. The molecular formula is C23H24O5S. The molecule has 0 amide bonds. The second kappa shape index (κ2) is 9.69. The molecule has 152 valence electrons. The van der Waals surface area contributed by atoms with Crippen molar-refractivity contribution < 1.29 is 23.0 Å². The number of benzene rings is 3. The van der Waals surface area contributed by atoms with Crippen LogP contribution < -0.4 is 9.47 Å². The molecule has 3 aromatic carbocycles. The van der Waals surface area contributed by atoms with E-state index >= 15 is 0 Å². The number of methoxy groups -OCH3 is 2. The molecule has 0 aliphatic rings. The van der Waals surface area contributed by atoms with Gasteiger partial charge in [-0.05, 0) is 41.0 Å². The molecule has 0 aliphatic carbocycles. The van der Waals surface area contributed by atoms with Gasteiger partial charge in [0.15, 0.2) is 11.1 Å². The van der Waals surface area contributed by atoms with E-state index in [4.69, 9.17) is 14.2 Å². The van der Waals surface area contributed by atoms with Gasteiger partial charge in [0, 0.05) is 0 Å². The van der Waals surface area contributed by atoms with Crippen molar-refractivity contribution in [3.63, 3.8) is 0 Å². The molecule has 1 unspecified atom stereocenters. The van der Waals surface area contributed by atoms with Crippen molar-refractivity contribution in [1.82, 2.24) is 0 Å². The first-order valence-corrected chi connectivity index (χ1v) is 10.4. The molecule has 3 rings (SSSR count). The first kappa shape index (κ1) is 21.0. The van der Waals surface area contributed by atoms with E-state index in [1.807, 2.05) is 78.9 Å². The zero-order valence-electron chi connectivity index (χ0n) is 16.4. The smallest absolute Gasteiger partial charge is 0.155 e. The van der Waals surface area contributed by atoms with Crippen LogP contribution in [0.4, 0.5) is 0 Å². The van der Waals surface area contributed by atoms with Crippen molar-refractivity contribution in [2.45, 2.75) is 5.60 Å². The topological polar surface area (TPSA) is 65.0 Å². The Balaban J connectivity index is 2.19. The Morgan fingerprint density at radius 1 is 0.759 bits per heavy atom. The number of rotatable bonds is 9. The number of hydrogen-bond donors (Lipinski definition) is 1. The lowest BCUT2D eigenvalue weighted by Gasteiger charge is -2.36. The molecule has 0 radical (unpaired) electrons. The van der Waals surface area contributed by atoms with E-state index < -0.39 is 16.7 Å². The van der Waals surface area contributed by atoms with Gasteiger partial charge in [-0.2, -0.15) is 0 Å². The molecule has 3 aromatic rings. The summed E-state index contributed by atoms with van der Waals surface area (Å²) in [6.45, 7) is 0.107. The lowest BCUT2D eigenvalue weighted by molar-refractivity contribution is 0.0226. The summed E-state index contributed by atoms with van der Waals surface area (Å²) in [6, 6.07) is 25.1. The molecule has 6 heteroatoms. The van der Waals surface area contributed by atoms with Crippen LogP contribution in [0.3, 0.4) is 0 Å². The predicted octanol–water partition coefficient (Wildman–Crippen LogP) is 4.23. The van der Waals surface area contributed by atoms with E-state index in [9.17, 15) is 8.76 Å². The quantitative estimate of drug-likeness (QED) is 0.421. The molecule has 0 heterocycles. The van der Waals surface area contributed by atoms with Crippen molar-refractivity contribution in [3.05, 3.63) is 95.6 Å². The Morgan fingerprint density at radius 2 is 1.21 bits per heavy atom. The Bertz CT molecular complexity index is 876. The Hall–Kier alpha value is -2.67. The highest BCUT2D eigenvalue weighted by atomic mass is 32.2. The van der Waals surface area contributed by atoms with Crippen molar-refractivity contribution in [1.29, 1.82) is 0 Å². The second-order valence-electron chi connectivity index (χ2n) is 6.38. The van der Waals surface area contributed by atoms with Crippen LogP contribution in [0.25, 0.3) is 0 Å². The van der Waals surface area contributed by atoms with Gasteiger partial charge >= 0.3 is 0 Å². The third-order valence-electron chi connectivity index (χ3n) is 4.75. The Kier molecular flexibility index (Phi) is 7.04. The summed E-state index contributed by atoms with van der Waals surface area (Å²) in [4.78, 5) is 0. The fourth-order valence-electron chi connectivity index (χ4n) is 3.34. The minimum absolute atomic E-state index is 0.0148. The fraction of sp³-hybridized carbons (Fsp3) is 0.217. The molecular weight excluding hydrogens is 388 g/mol. The van der Waals surface area contributed by atoms with Gasteiger partial charge in [-0.1, -0.05) is 54.6 Å². The van der Waals surface area contributed by atoms with Crippen LogP contribution in [0.1, 0.15) is 16.7 Å². The highest BCUT2D eigenvalue weighted by Gasteiger charge is 2.37. The van der Waals surface area contributed by atoms with Crippen LogP contribution in [0.5, 0.6) is 11.5 Å². The van der Waals surface area contributed by atoms with Crippen molar-refractivity contribution in [2.24, 2.45) is 0 Å². The lowest BCUT2D eigenvalue weighted by Crippen LogP contribution is -2.34. The van der Waals surface area contributed by atoms with Gasteiger partial charge in [-0.25, -0.2) is 4.21 Å². The van der Waals surface area contributed by atoms with Gasteiger partial charge in [-0.15, -0.1) is 0 Å². The summed E-state index contributed by atoms with van der Waals surface area (Å²) in [7, 11) is 3.24. The standard InChI is InChI=1S/C23H24O5S/c1-26-21-12-8-19(9-13-21)23(28-16-17-29(24)25,18-6-4-3-5-7-18)20-10-14-22(27-2)15-11-20/h3-15H,16-17H2,1-2H3,(H,24,25). The Morgan fingerprint density at radius 3 is 1.62 bits per heavy atom. The minimum Gasteiger partial charge on any atom is -0.497 e. The van der Waals surface area contributed by atoms with Crippen LogP contribution in [-0.2, 0) is 21.4 Å².